The van der Waals surface area contributed by atoms with Gasteiger partial charge in [0.25, 0.3) is 0 Å². The maximum Gasteiger partial charge on any atom is 0.237 e. The second-order valence-corrected chi connectivity index (χ2v) is 8.66. The normalized spacial score (nSPS) is 21.4. The number of benzene rings is 3. The largest absolute Gasteiger partial charge is 0.496 e. The van der Waals surface area contributed by atoms with E-state index >= 15 is 0 Å². The molecular weight excluding hydrogens is 450 g/mol. The fourth-order valence-electron chi connectivity index (χ4n) is 4.55. The molecule has 0 unspecified atom stereocenters. The van der Waals surface area contributed by atoms with Crippen molar-refractivity contribution in [2.45, 2.75) is 24.3 Å². The monoisotopic (exact) mass is 472 g/mol. The summed E-state index contributed by atoms with van der Waals surface area (Å²) >= 11 is 11.6. The van der Waals surface area contributed by atoms with Crippen molar-refractivity contribution in [1.29, 1.82) is 0 Å². The number of ether oxygens (including phenoxy) is 1. The van der Waals surface area contributed by atoms with Crippen LogP contribution in [0.5, 0.6) is 5.75 Å². The molecule has 1 amide bonds. The smallest absolute Gasteiger partial charge is 0.237 e. The molecule has 1 fully saturated rings. The maximum atomic E-state index is 14.0. The molecule has 5 rings (SSSR count). The van der Waals surface area contributed by atoms with Crippen molar-refractivity contribution in [3.05, 3.63) is 93.7 Å². The Labute approximate surface area is 196 Å². The Morgan fingerprint density at radius 1 is 1.03 bits per heavy atom. The first-order valence-electron chi connectivity index (χ1n) is 10.3. The molecule has 3 aromatic carbocycles. The number of halogens is 3. The van der Waals surface area contributed by atoms with Crippen molar-refractivity contribution in [2.75, 3.05) is 19.0 Å². The van der Waals surface area contributed by atoms with Crippen LogP contribution < -0.4 is 15.4 Å². The number of piperidine rings is 1. The van der Waals surface area contributed by atoms with Gasteiger partial charge in [-0.1, -0.05) is 47.5 Å². The molecule has 0 radical (unpaired) electrons. The van der Waals surface area contributed by atoms with E-state index in [2.05, 4.69) is 10.6 Å². The predicted octanol–water partition coefficient (Wildman–Crippen LogP) is 6.14. The highest BCUT2D eigenvalue weighted by atomic mass is 35.5. The number of rotatable bonds is 2. The van der Waals surface area contributed by atoms with Crippen molar-refractivity contribution >= 4 is 34.8 Å². The van der Waals surface area contributed by atoms with Gasteiger partial charge in [0.2, 0.25) is 5.91 Å². The Balaban J connectivity index is 0.000000300. The number of methoxy groups -OCH3 is 1. The van der Waals surface area contributed by atoms with E-state index in [4.69, 9.17) is 27.9 Å². The summed E-state index contributed by atoms with van der Waals surface area (Å²) in [6.07, 6.45) is 1.52. The molecule has 166 valence electrons. The molecule has 4 nitrogen and oxygen atoms in total. The van der Waals surface area contributed by atoms with Crippen molar-refractivity contribution in [1.82, 2.24) is 5.32 Å². The zero-order valence-electron chi connectivity index (χ0n) is 17.5. The van der Waals surface area contributed by atoms with Gasteiger partial charge >= 0.3 is 0 Å². The van der Waals surface area contributed by atoms with Crippen LogP contribution in [0.25, 0.3) is 0 Å². The van der Waals surface area contributed by atoms with Crippen LogP contribution >= 0.6 is 23.2 Å². The van der Waals surface area contributed by atoms with Crippen LogP contribution in [-0.2, 0) is 10.2 Å². The van der Waals surface area contributed by atoms with Gasteiger partial charge in [-0.3, -0.25) is 4.79 Å². The second kappa shape index (κ2) is 9.49. The van der Waals surface area contributed by atoms with E-state index in [1.165, 1.54) is 12.1 Å². The third-order valence-corrected chi connectivity index (χ3v) is 6.43. The first-order chi connectivity index (χ1) is 15.5. The highest BCUT2D eigenvalue weighted by molar-refractivity contribution is 6.31. The minimum absolute atomic E-state index is 0.0896. The molecule has 0 aliphatic carbocycles. The quantitative estimate of drug-likeness (QED) is 0.470. The lowest BCUT2D eigenvalue weighted by Crippen LogP contribution is -2.50. The lowest BCUT2D eigenvalue weighted by molar-refractivity contribution is -0.123. The van der Waals surface area contributed by atoms with Crippen molar-refractivity contribution in [3.8, 4) is 5.75 Å². The summed E-state index contributed by atoms with van der Waals surface area (Å²) in [6.45, 7) is 0.752. The Hall–Kier alpha value is -2.60. The Kier molecular flexibility index (Phi) is 6.70. The first kappa shape index (κ1) is 22.6. The van der Waals surface area contributed by atoms with Gasteiger partial charge in [0, 0.05) is 21.3 Å². The van der Waals surface area contributed by atoms with Crippen LogP contribution in [-0.4, -0.2) is 19.6 Å². The minimum Gasteiger partial charge on any atom is -0.496 e. The van der Waals surface area contributed by atoms with E-state index in [0.717, 1.165) is 29.2 Å². The summed E-state index contributed by atoms with van der Waals surface area (Å²) < 4.78 is 19.4. The van der Waals surface area contributed by atoms with Gasteiger partial charge in [-0.25, -0.2) is 4.39 Å². The standard InChI is InChI=1S/C19H18ClFN2O2.C6H5Cl/c1-25-16-6-4-12(21)10-13(16)17-19(7-2-8-22-17)14-5-3-11(20)9-15(14)23-18(19)24;7-6-4-2-1-3-5-6/h3-6,9-10,17,22H,2,7-8H2,1H3,(H,23,24);1-5H/t17-,19-;/m1./s1. The third kappa shape index (κ3) is 4.20. The average Bonchev–Trinajstić information content (AvgIpc) is 3.05. The molecular formula is C25H23Cl2FN2O2. The van der Waals surface area contributed by atoms with E-state index in [-0.39, 0.29) is 17.8 Å². The molecule has 0 saturated carbocycles. The fraction of sp³-hybridized carbons (Fsp3) is 0.240. The van der Waals surface area contributed by atoms with Gasteiger partial charge in [-0.15, -0.1) is 0 Å². The summed E-state index contributed by atoms with van der Waals surface area (Å²) in [5, 5.41) is 7.73. The molecule has 1 spiro atoms. The van der Waals surface area contributed by atoms with Crippen LogP contribution in [0.4, 0.5) is 10.1 Å². The molecule has 32 heavy (non-hydrogen) atoms. The van der Waals surface area contributed by atoms with Crippen molar-refractivity contribution in [2.24, 2.45) is 0 Å². The van der Waals surface area contributed by atoms with E-state index in [9.17, 15) is 9.18 Å². The van der Waals surface area contributed by atoms with E-state index in [0.29, 0.717) is 22.8 Å². The molecule has 2 aliphatic heterocycles. The van der Waals surface area contributed by atoms with E-state index in [1.807, 2.05) is 36.4 Å². The average molecular weight is 473 g/mol. The van der Waals surface area contributed by atoms with Crippen LogP contribution in [0.15, 0.2) is 66.7 Å². The summed E-state index contributed by atoms with van der Waals surface area (Å²) in [6, 6.07) is 18.9. The first-order valence-corrected chi connectivity index (χ1v) is 11.1. The maximum absolute atomic E-state index is 14.0. The van der Waals surface area contributed by atoms with Crippen LogP contribution in [0.1, 0.15) is 30.0 Å². The topological polar surface area (TPSA) is 50.4 Å². The highest BCUT2D eigenvalue weighted by Crippen LogP contribution is 2.52. The number of carbonyl (C=O) groups is 1. The summed E-state index contributed by atoms with van der Waals surface area (Å²) in [5.74, 6) is 0.122. The SMILES string of the molecule is COc1ccc(F)cc1[C@H]1NCCC[C@]12C(=O)Nc1cc(Cl)ccc12.Clc1ccccc1. The Bertz CT molecular complexity index is 1130. The minimum atomic E-state index is -0.806. The molecule has 2 N–H and O–H groups in total. The van der Waals surface area contributed by atoms with Crippen molar-refractivity contribution < 1.29 is 13.9 Å². The summed E-state index contributed by atoms with van der Waals surface area (Å²) in [4.78, 5) is 13.1. The van der Waals surface area contributed by atoms with E-state index in [1.54, 1.807) is 25.3 Å². The molecule has 0 aromatic heterocycles. The Morgan fingerprint density at radius 2 is 1.81 bits per heavy atom. The summed E-state index contributed by atoms with van der Waals surface area (Å²) in [7, 11) is 1.55. The van der Waals surface area contributed by atoms with Crippen LogP contribution in [0.2, 0.25) is 10.0 Å². The van der Waals surface area contributed by atoms with Crippen LogP contribution in [0.3, 0.4) is 0 Å². The highest BCUT2D eigenvalue weighted by Gasteiger charge is 2.54. The number of nitrogens with one attached hydrogen (secondary N) is 2. The fourth-order valence-corrected chi connectivity index (χ4v) is 4.87. The number of fused-ring (bicyclic) bond motifs is 2. The molecule has 7 heteroatoms. The van der Waals surface area contributed by atoms with Crippen LogP contribution in [0, 0.1) is 5.82 Å². The molecule has 0 bridgehead atoms. The Morgan fingerprint density at radius 3 is 2.50 bits per heavy atom. The summed E-state index contributed by atoms with van der Waals surface area (Å²) in [5.41, 5.74) is 1.46. The molecule has 2 aliphatic rings. The molecule has 2 heterocycles. The molecule has 3 aromatic rings. The van der Waals surface area contributed by atoms with Gasteiger partial charge in [0.15, 0.2) is 0 Å². The van der Waals surface area contributed by atoms with Crippen molar-refractivity contribution in [3.63, 3.8) is 0 Å². The van der Waals surface area contributed by atoms with Gasteiger partial charge in [0.1, 0.15) is 11.6 Å². The van der Waals surface area contributed by atoms with Gasteiger partial charge < -0.3 is 15.4 Å². The number of carbonyl (C=O) groups excluding carboxylic acids is 1. The number of hydrogen-bond donors (Lipinski definition) is 2. The second-order valence-electron chi connectivity index (χ2n) is 7.79. The van der Waals surface area contributed by atoms with Gasteiger partial charge in [-0.2, -0.15) is 0 Å². The molecule has 1 saturated heterocycles. The molecule has 2 atom stereocenters. The third-order valence-electron chi connectivity index (χ3n) is 5.94. The zero-order chi connectivity index (χ0) is 22.7. The zero-order valence-corrected chi connectivity index (χ0v) is 19.0. The van der Waals surface area contributed by atoms with E-state index < -0.39 is 5.41 Å². The number of anilines is 1. The predicted molar refractivity (Wildman–Crippen MR) is 126 cm³/mol. The van der Waals surface area contributed by atoms with Gasteiger partial charge in [-0.05, 0) is 67.4 Å². The van der Waals surface area contributed by atoms with Gasteiger partial charge in [0.05, 0.1) is 18.6 Å². The number of hydrogen-bond acceptors (Lipinski definition) is 3. The lowest BCUT2D eigenvalue weighted by atomic mass is 9.67. The number of amides is 1. The lowest BCUT2D eigenvalue weighted by Gasteiger charge is -2.41.